The number of alkyl carbamates (subject to hydrolysis) is 1. The number of amides is 1. The molecule has 1 aromatic rings. The van der Waals surface area contributed by atoms with Gasteiger partial charge in [-0.1, -0.05) is 6.58 Å². The maximum Gasteiger partial charge on any atom is 0.408 e. The van der Waals surface area contributed by atoms with Gasteiger partial charge >= 0.3 is 17.8 Å². The summed E-state index contributed by atoms with van der Waals surface area (Å²) in [4.78, 5) is 49.5. The van der Waals surface area contributed by atoms with E-state index in [1.165, 1.54) is 16.8 Å². The van der Waals surface area contributed by atoms with Crippen molar-refractivity contribution >= 4 is 39.6 Å². The second-order valence-corrected chi connectivity index (χ2v) is 8.91. The molecule has 1 amide bonds. The summed E-state index contributed by atoms with van der Waals surface area (Å²) in [5.41, 5.74) is -1.93. The Bertz CT molecular complexity index is 924. The maximum absolute atomic E-state index is 12.1. The van der Waals surface area contributed by atoms with Crippen molar-refractivity contribution in [2.24, 2.45) is 0 Å². The number of aromatic nitrogens is 2. The first kappa shape index (κ1) is 24.2. The van der Waals surface area contributed by atoms with Gasteiger partial charge in [-0.05, 0) is 42.8 Å². The summed E-state index contributed by atoms with van der Waals surface area (Å²) in [6.07, 6.45) is -0.381. The van der Waals surface area contributed by atoms with E-state index in [4.69, 9.17) is 25.8 Å². The van der Waals surface area contributed by atoms with Crippen molar-refractivity contribution in [3.8, 4) is 0 Å². The summed E-state index contributed by atoms with van der Waals surface area (Å²) in [6.45, 7) is 8.29. The summed E-state index contributed by atoms with van der Waals surface area (Å²) in [5, 5.41) is 1.69. The SMILES string of the molecule is C=CC(OC(=O)CNC(=O)OC(C)(C)C)[C@H]1O[C@@H](n2cc(Br)c(=O)[nH]c2=O)C[C@@H]1Cl. The Morgan fingerprint density at radius 3 is 2.77 bits per heavy atom. The predicted molar refractivity (Wildman–Crippen MR) is 112 cm³/mol. The van der Waals surface area contributed by atoms with E-state index in [1.807, 2.05) is 0 Å². The fourth-order valence-corrected chi connectivity index (χ4v) is 3.36. The molecular formula is C18H23BrClN3O7. The third-order valence-corrected chi connectivity index (χ3v) is 4.92. The van der Waals surface area contributed by atoms with E-state index in [2.05, 4.69) is 32.8 Å². The topological polar surface area (TPSA) is 129 Å². The smallest absolute Gasteiger partial charge is 0.408 e. The lowest BCUT2D eigenvalue weighted by molar-refractivity contribution is -0.153. The van der Waals surface area contributed by atoms with Crippen molar-refractivity contribution in [1.82, 2.24) is 14.9 Å². The third kappa shape index (κ3) is 6.44. The molecule has 1 saturated heterocycles. The molecule has 0 aromatic carbocycles. The third-order valence-electron chi connectivity index (χ3n) is 3.93. The van der Waals surface area contributed by atoms with Crippen LogP contribution in [0.5, 0.6) is 0 Å². The summed E-state index contributed by atoms with van der Waals surface area (Å²) in [7, 11) is 0. The van der Waals surface area contributed by atoms with Gasteiger partial charge in [-0.15, -0.1) is 11.6 Å². The Morgan fingerprint density at radius 1 is 1.50 bits per heavy atom. The van der Waals surface area contributed by atoms with Crippen molar-refractivity contribution in [2.45, 2.75) is 56.6 Å². The highest BCUT2D eigenvalue weighted by molar-refractivity contribution is 9.10. The highest BCUT2D eigenvalue weighted by atomic mass is 79.9. The molecule has 1 fully saturated rings. The van der Waals surface area contributed by atoms with Crippen LogP contribution in [0.25, 0.3) is 0 Å². The molecule has 10 nitrogen and oxygen atoms in total. The maximum atomic E-state index is 12.1. The number of ether oxygens (including phenoxy) is 3. The molecule has 2 heterocycles. The Kier molecular flexibility index (Phi) is 7.89. The number of hydrogen-bond acceptors (Lipinski definition) is 7. The molecule has 0 saturated carbocycles. The molecule has 0 aliphatic carbocycles. The van der Waals surface area contributed by atoms with Gasteiger partial charge in [0, 0.05) is 12.6 Å². The molecule has 0 bridgehead atoms. The minimum atomic E-state index is -0.924. The Morgan fingerprint density at radius 2 is 2.17 bits per heavy atom. The van der Waals surface area contributed by atoms with Crippen molar-refractivity contribution in [1.29, 1.82) is 0 Å². The number of nitrogens with one attached hydrogen (secondary N) is 2. The van der Waals surface area contributed by atoms with Gasteiger partial charge in [-0.3, -0.25) is 19.1 Å². The van der Waals surface area contributed by atoms with Crippen LogP contribution in [0.15, 0.2) is 32.9 Å². The van der Waals surface area contributed by atoms with Gasteiger partial charge in [-0.2, -0.15) is 0 Å². The number of carbonyl (C=O) groups is 2. The van der Waals surface area contributed by atoms with Crippen LogP contribution in [-0.4, -0.2) is 51.3 Å². The number of halogens is 2. The van der Waals surface area contributed by atoms with Crippen LogP contribution in [0.3, 0.4) is 0 Å². The van der Waals surface area contributed by atoms with E-state index in [0.717, 1.165) is 0 Å². The molecule has 166 valence electrons. The van der Waals surface area contributed by atoms with Crippen LogP contribution in [0, 0.1) is 0 Å². The van der Waals surface area contributed by atoms with E-state index in [0.29, 0.717) is 0 Å². The summed E-state index contributed by atoms with van der Waals surface area (Å²) < 4.78 is 17.5. The molecule has 2 N–H and O–H groups in total. The summed E-state index contributed by atoms with van der Waals surface area (Å²) in [5.74, 6) is -0.745. The number of aromatic amines is 1. The number of H-pyrrole nitrogens is 1. The van der Waals surface area contributed by atoms with E-state index >= 15 is 0 Å². The number of carbonyl (C=O) groups excluding carboxylic acids is 2. The molecule has 1 aliphatic rings. The van der Waals surface area contributed by atoms with Crippen molar-refractivity contribution in [3.05, 3.63) is 44.2 Å². The molecular weight excluding hydrogens is 486 g/mol. The first-order chi connectivity index (χ1) is 13.9. The largest absolute Gasteiger partial charge is 0.454 e. The van der Waals surface area contributed by atoms with Crippen LogP contribution >= 0.6 is 27.5 Å². The van der Waals surface area contributed by atoms with Crippen LogP contribution in [0.4, 0.5) is 4.79 Å². The molecule has 1 unspecified atom stereocenters. The molecule has 0 radical (unpaired) electrons. The van der Waals surface area contributed by atoms with Crippen LogP contribution < -0.4 is 16.6 Å². The molecule has 2 rings (SSSR count). The van der Waals surface area contributed by atoms with Gasteiger partial charge in [0.05, 0.1) is 9.85 Å². The van der Waals surface area contributed by atoms with E-state index in [-0.39, 0.29) is 10.9 Å². The fraction of sp³-hybridized carbons (Fsp3) is 0.556. The van der Waals surface area contributed by atoms with Gasteiger partial charge in [0.15, 0.2) is 0 Å². The van der Waals surface area contributed by atoms with Gasteiger partial charge in [0.25, 0.3) is 5.56 Å². The molecule has 30 heavy (non-hydrogen) atoms. The Hall–Kier alpha value is -2.11. The molecule has 4 atom stereocenters. The van der Waals surface area contributed by atoms with Gasteiger partial charge in [-0.25, -0.2) is 9.59 Å². The molecule has 1 aliphatic heterocycles. The molecule has 12 heteroatoms. The number of alkyl halides is 1. The van der Waals surface area contributed by atoms with Crippen LogP contribution in [-0.2, 0) is 19.0 Å². The predicted octanol–water partition coefficient (Wildman–Crippen LogP) is 1.82. The zero-order valence-electron chi connectivity index (χ0n) is 16.6. The quantitative estimate of drug-likeness (QED) is 0.341. The minimum absolute atomic E-state index is 0.153. The standard InChI is InChI=1S/C18H23BrClN3O7/c1-5-11(28-13(24)7-21-17(27)30-18(2,3)4)14-10(20)6-12(29-14)23-8-9(19)15(25)22-16(23)26/h5,8,10-12,14H,1,6-7H2,2-4H3,(H,21,27)(H,22,25,26)/t10-,11?,12+,14-/m0/s1. The first-order valence-corrected chi connectivity index (χ1v) is 10.2. The van der Waals surface area contributed by atoms with Crippen molar-refractivity contribution in [2.75, 3.05) is 6.54 Å². The zero-order valence-corrected chi connectivity index (χ0v) is 19.0. The van der Waals surface area contributed by atoms with Crippen LogP contribution in [0.2, 0.25) is 0 Å². The van der Waals surface area contributed by atoms with Gasteiger partial charge in [0.1, 0.15) is 30.6 Å². The van der Waals surface area contributed by atoms with Crippen molar-refractivity contribution < 1.29 is 23.8 Å². The summed E-state index contributed by atoms with van der Waals surface area (Å²) in [6, 6.07) is 0. The highest BCUT2D eigenvalue weighted by Gasteiger charge is 2.41. The number of nitrogens with zero attached hydrogens (tertiary/aromatic N) is 1. The zero-order chi connectivity index (χ0) is 22.6. The molecule has 0 spiro atoms. The van der Waals surface area contributed by atoms with Gasteiger partial charge < -0.3 is 19.5 Å². The van der Waals surface area contributed by atoms with E-state index in [1.54, 1.807) is 20.8 Å². The van der Waals surface area contributed by atoms with E-state index in [9.17, 15) is 19.2 Å². The molecule has 1 aromatic heterocycles. The minimum Gasteiger partial charge on any atom is -0.454 e. The lowest BCUT2D eigenvalue weighted by atomic mass is 10.1. The lowest BCUT2D eigenvalue weighted by Gasteiger charge is -2.23. The average molecular weight is 509 g/mol. The number of rotatable bonds is 6. The first-order valence-electron chi connectivity index (χ1n) is 9.00. The summed E-state index contributed by atoms with van der Waals surface area (Å²) >= 11 is 9.41. The fourth-order valence-electron chi connectivity index (χ4n) is 2.69. The lowest BCUT2D eigenvalue weighted by Crippen LogP contribution is -2.40. The second kappa shape index (κ2) is 9.80. The van der Waals surface area contributed by atoms with Gasteiger partial charge in [0.2, 0.25) is 0 Å². The monoisotopic (exact) mass is 507 g/mol. The Balaban J connectivity index is 2.00. The van der Waals surface area contributed by atoms with Crippen LogP contribution in [0.1, 0.15) is 33.4 Å². The van der Waals surface area contributed by atoms with Crippen molar-refractivity contribution in [3.63, 3.8) is 0 Å². The number of hydrogen-bond donors (Lipinski definition) is 2. The number of esters is 1. The Labute approximate surface area is 185 Å². The average Bonchev–Trinajstić information content (AvgIpc) is 3.01. The second-order valence-electron chi connectivity index (χ2n) is 7.50. The highest BCUT2D eigenvalue weighted by Crippen LogP contribution is 2.34. The normalized spacial score (nSPS) is 22.2. The van der Waals surface area contributed by atoms with E-state index < -0.39 is 59.3 Å².